The zero-order valence-electron chi connectivity index (χ0n) is 20.8. The number of nitrogens with zero attached hydrogens (tertiary/aromatic N) is 2. The van der Waals surface area contributed by atoms with Gasteiger partial charge in [0.1, 0.15) is 0 Å². The van der Waals surface area contributed by atoms with Crippen LogP contribution in [0.2, 0.25) is 0 Å². The van der Waals surface area contributed by atoms with Crippen LogP contribution in [0.1, 0.15) is 60.2 Å². The summed E-state index contributed by atoms with van der Waals surface area (Å²) in [4.78, 5) is 31.3. The van der Waals surface area contributed by atoms with Gasteiger partial charge in [-0.1, -0.05) is 50.2 Å². The van der Waals surface area contributed by atoms with Crippen molar-refractivity contribution in [2.45, 2.75) is 39.5 Å². The number of amides is 2. The van der Waals surface area contributed by atoms with Gasteiger partial charge >= 0.3 is 0 Å². The fourth-order valence-corrected chi connectivity index (χ4v) is 5.31. The van der Waals surface area contributed by atoms with Crippen molar-refractivity contribution >= 4 is 34.0 Å². The Balaban J connectivity index is 1.45. The number of piperidine rings is 2. The Labute approximate surface area is 208 Å². The number of fused-ring (bicyclic) bond motifs is 1. The van der Waals surface area contributed by atoms with Gasteiger partial charge in [-0.25, -0.2) is 0 Å². The molecule has 2 fully saturated rings. The lowest BCUT2D eigenvalue weighted by Gasteiger charge is -2.35. The molecular weight excluding hydrogens is 434 g/mol. The van der Waals surface area contributed by atoms with Crippen LogP contribution in [-0.2, 0) is 0 Å². The minimum atomic E-state index is -0.161. The largest absolute Gasteiger partial charge is 0.371 e. The molecular formula is C30H35N3O2. The molecule has 0 bridgehead atoms. The van der Waals surface area contributed by atoms with Gasteiger partial charge < -0.3 is 15.1 Å². The average Bonchev–Trinajstić information content (AvgIpc) is 2.89. The summed E-state index contributed by atoms with van der Waals surface area (Å²) >= 11 is 0. The molecule has 0 aromatic heterocycles. The number of benzene rings is 3. The summed E-state index contributed by atoms with van der Waals surface area (Å²) in [6.45, 7) is 8.06. The first-order valence-electron chi connectivity index (χ1n) is 13.0. The Morgan fingerprint density at radius 2 is 1.43 bits per heavy atom. The number of rotatable bonds is 4. The molecule has 3 aromatic rings. The van der Waals surface area contributed by atoms with Crippen LogP contribution in [0.15, 0.2) is 60.7 Å². The molecule has 5 rings (SSSR count). The van der Waals surface area contributed by atoms with Gasteiger partial charge in [0.25, 0.3) is 11.8 Å². The predicted octanol–water partition coefficient (Wildman–Crippen LogP) is 6.20. The lowest BCUT2D eigenvalue weighted by atomic mass is 9.96. The van der Waals surface area contributed by atoms with E-state index >= 15 is 0 Å². The highest BCUT2D eigenvalue weighted by atomic mass is 16.2. The molecule has 0 spiro atoms. The van der Waals surface area contributed by atoms with Gasteiger partial charge in [-0.15, -0.1) is 0 Å². The van der Waals surface area contributed by atoms with Crippen LogP contribution in [0.5, 0.6) is 0 Å². The third-order valence-corrected chi connectivity index (χ3v) is 7.71. The molecule has 2 aliphatic heterocycles. The zero-order chi connectivity index (χ0) is 24.4. The van der Waals surface area contributed by atoms with E-state index in [2.05, 4.69) is 24.1 Å². The quantitative estimate of drug-likeness (QED) is 0.495. The molecule has 1 N–H and O–H groups in total. The van der Waals surface area contributed by atoms with E-state index in [1.165, 1.54) is 0 Å². The molecule has 0 unspecified atom stereocenters. The van der Waals surface area contributed by atoms with E-state index < -0.39 is 0 Å². The minimum Gasteiger partial charge on any atom is -0.371 e. The highest BCUT2D eigenvalue weighted by Gasteiger charge is 2.27. The van der Waals surface area contributed by atoms with Gasteiger partial charge in [0, 0.05) is 43.1 Å². The molecule has 2 heterocycles. The molecule has 3 aromatic carbocycles. The van der Waals surface area contributed by atoms with Crippen LogP contribution >= 0.6 is 0 Å². The van der Waals surface area contributed by atoms with E-state index in [9.17, 15) is 9.59 Å². The highest BCUT2D eigenvalue weighted by Crippen LogP contribution is 2.31. The van der Waals surface area contributed by atoms with Crippen molar-refractivity contribution in [3.05, 3.63) is 71.8 Å². The molecule has 182 valence electrons. The monoisotopic (exact) mass is 469 g/mol. The van der Waals surface area contributed by atoms with Gasteiger partial charge in [0.05, 0.1) is 5.56 Å². The van der Waals surface area contributed by atoms with Crippen LogP contribution < -0.4 is 10.2 Å². The summed E-state index contributed by atoms with van der Waals surface area (Å²) in [5, 5.41) is 5.02. The molecule has 0 atom stereocenters. The molecule has 35 heavy (non-hydrogen) atoms. The van der Waals surface area contributed by atoms with Crippen LogP contribution in [0.4, 0.5) is 11.4 Å². The van der Waals surface area contributed by atoms with Crippen molar-refractivity contribution in [1.29, 1.82) is 0 Å². The van der Waals surface area contributed by atoms with Gasteiger partial charge in [0.2, 0.25) is 0 Å². The fraction of sp³-hybridized carbons (Fsp3) is 0.400. The molecule has 5 heteroatoms. The first-order chi connectivity index (χ1) is 17.0. The van der Waals surface area contributed by atoms with Crippen molar-refractivity contribution in [3.8, 4) is 0 Å². The Morgan fingerprint density at radius 1 is 0.771 bits per heavy atom. The summed E-state index contributed by atoms with van der Waals surface area (Å²) in [6.07, 6.45) is 4.35. The number of carbonyl (C=O) groups is 2. The maximum Gasteiger partial charge on any atom is 0.256 e. The van der Waals surface area contributed by atoms with Crippen molar-refractivity contribution < 1.29 is 9.59 Å². The Kier molecular flexibility index (Phi) is 6.76. The Hall–Kier alpha value is -3.34. The number of nitrogens with one attached hydrogen (secondary N) is 1. The van der Waals surface area contributed by atoms with Crippen LogP contribution in [0, 0.1) is 11.8 Å². The standard InChI is InChI=1S/C30H35N3O2/c1-21-12-16-32(17-13-21)28-11-10-24(20-27(28)30(35)33-18-14-22(2)15-19-33)31-29(34)26-9-5-7-23-6-3-4-8-25(23)26/h3-11,20-22H,12-19H2,1-2H3,(H,31,34). The SMILES string of the molecule is CC1CCN(C(=O)c2cc(NC(=O)c3cccc4ccccc34)ccc2N2CCC(C)CC2)CC1. The second-order valence-corrected chi connectivity index (χ2v) is 10.4. The number of likely N-dealkylation sites (tertiary alicyclic amines) is 1. The first-order valence-corrected chi connectivity index (χ1v) is 13.0. The predicted molar refractivity (Wildman–Crippen MR) is 143 cm³/mol. The lowest BCUT2D eigenvalue weighted by molar-refractivity contribution is 0.0697. The summed E-state index contributed by atoms with van der Waals surface area (Å²) < 4.78 is 0. The summed E-state index contributed by atoms with van der Waals surface area (Å²) in [5.41, 5.74) is 2.98. The van der Waals surface area contributed by atoms with E-state index in [4.69, 9.17) is 0 Å². The van der Waals surface area contributed by atoms with Crippen LogP contribution in [-0.4, -0.2) is 42.9 Å². The molecule has 0 saturated carbocycles. The molecule has 2 amide bonds. The summed E-state index contributed by atoms with van der Waals surface area (Å²) in [5.74, 6) is 1.29. The van der Waals surface area contributed by atoms with Gasteiger partial charge in [0.15, 0.2) is 0 Å². The smallest absolute Gasteiger partial charge is 0.256 e. The first kappa shape index (κ1) is 23.4. The number of hydrogen-bond acceptors (Lipinski definition) is 3. The Bertz CT molecular complexity index is 1220. The zero-order valence-corrected chi connectivity index (χ0v) is 20.8. The van der Waals surface area contributed by atoms with E-state index in [1.807, 2.05) is 65.6 Å². The van der Waals surface area contributed by atoms with Gasteiger partial charge in [-0.3, -0.25) is 9.59 Å². The molecule has 2 saturated heterocycles. The average molecular weight is 470 g/mol. The van der Waals surface area contributed by atoms with E-state index in [0.29, 0.717) is 28.7 Å². The van der Waals surface area contributed by atoms with E-state index in [-0.39, 0.29) is 11.8 Å². The van der Waals surface area contributed by atoms with Gasteiger partial charge in [-0.05, 0) is 72.6 Å². The fourth-order valence-electron chi connectivity index (χ4n) is 5.31. The molecule has 0 aliphatic carbocycles. The highest BCUT2D eigenvalue weighted by molar-refractivity contribution is 6.13. The number of anilines is 2. The maximum atomic E-state index is 13.7. The number of carbonyl (C=O) groups excluding carboxylic acids is 2. The van der Waals surface area contributed by atoms with Crippen molar-refractivity contribution in [1.82, 2.24) is 4.90 Å². The van der Waals surface area contributed by atoms with Crippen molar-refractivity contribution in [2.75, 3.05) is 36.4 Å². The van der Waals surface area contributed by atoms with Crippen LogP contribution in [0.25, 0.3) is 10.8 Å². The third kappa shape index (κ3) is 5.04. The minimum absolute atomic E-state index is 0.0757. The van der Waals surface area contributed by atoms with E-state index in [0.717, 1.165) is 68.3 Å². The molecule has 2 aliphatic rings. The summed E-state index contributed by atoms with van der Waals surface area (Å²) in [7, 11) is 0. The lowest BCUT2D eigenvalue weighted by Crippen LogP contribution is -2.40. The normalized spacial score (nSPS) is 17.5. The topological polar surface area (TPSA) is 52.7 Å². The number of hydrogen-bond donors (Lipinski definition) is 1. The van der Waals surface area contributed by atoms with Crippen LogP contribution in [0.3, 0.4) is 0 Å². The molecule has 5 nitrogen and oxygen atoms in total. The second kappa shape index (κ2) is 10.1. The van der Waals surface area contributed by atoms with Crippen molar-refractivity contribution in [2.24, 2.45) is 11.8 Å². The van der Waals surface area contributed by atoms with E-state index in [1.54, 1.807) is 0 Å². The second-order valence-electron chi connectivity index (χ2n) is 10.4. The van der Waals surface area contributed by atoms with Crippen molar-refractivity contribution in [3.63, 3.8) is 0 Å². The molecule has 0 radical (unpaired) electrons. The summed E-state index contributed by atoms with van der Waals surface area (Å²) in [6, 6.07) is 19.5. The maximum absolute atomic E-state index is 13.7. The third-order valence-electron chi connectivity index (χ3n) is 7.71. The Morgan fingerprint density at radius 3 is 2.17 bits per heavy atom. The van der Waals surface area contributed by atoms with Gasteiger partial charge in [-0.2, -0.15) is 0 Å².